The lowest BCUT2D eigenvalue weighted by molar-refractivity contribution is 0.347. The Labute approximate surface area is 120 Å². The van der Waals surface area contributed by atoms with Crippen molar-refractivity contribution in [3.8, 4) is 5.69 Å². The van der Waals surface area contributed by atoms with Crippen molar-refractivity contribution in [2.45, 2.75) is 38.0 Å². The molecule has 2 aliphatic rings. The fraction of sp³-hybridized carbons (Fsp3) is 0.389. The van der Waals surface area contributed by atoms with Crippen LogP contribution >= 0.6 is 0 Å². The maximum atomic E-state index is 4.36. The van der Waals surface area contributed by atoms with Gasteiger partial charge in [-0.3, -0.25) is 0 Å². The molecule has 2 nitrogen and oxygen atoms in total. The van der Waals surface area contributed by atoms with Crippen LogP contribution in [0.4, 0.5) is 0 Å². The summed E-state index contributed by atoms with van der Waals surface area (Å²) in [5, 5.41) is 4.36. The fourth-order valence-corrected chi connectivity index (χ4v) is 4.11. The SMILES string of the molecule is CC1(C)c2ccc(-n3cccn3)cc2C2CCC=CC21. The van der Waals surface area contributed by atoms with Gasteiger partial charge >= 0.3 is 0 Å². The van der Waals surface area contributed by atoms with Crippen molar-refractivity contribution in [3.63, 3.8) is 0 Å². The Morgan fingerprint density at radius 1 is 1.30 bits per heavy atom. The molecule has 1 aromatic carbocycles. The molecule has 2 aliphatic carbocycles. The standard InChI is InChI=1S/C18H20N2/c1-18(2)16-7-4-3-6-14(16)15-12-13(8-9-17(15)18)20-11-5-10-19-20/h4-5,7-12,14,16H,3,6H2,1-2H3. The topological polar surface area (TPSA) is 17.8 Å². The van der Waals surface area contributed by atoms with E-state index in [0.717, 1.165) is 0 Å². The first-order valence-corrected chi connectivity index (χ1v) is 7.49. The maximum Gasteiger partial charge on any atom is 0.0648 e. The van der Waals surface area contributed by atoms with Crippen LogP contribution in [0.2, 0.25) is 0 Å². The Bertz CT molecular complexity index is 665. The first-order valence-electron chi connectivity index (χ1n) is 7.49. The Balaban J connectivity index is 1.87. The van der Waals surface area contributed by atoms with E-state index in [1.165, 1.54) is 29.7 Å². The van der Waals surface area contributed by atoms with Gasteiger partial charge < -0.3 is 0 Å². The van der Waals surface area contributed by atoms with Crippen molar-refractivity contribution >= 4 is 0 Å². The highest BCUT2D eigenvalue weighted by molar-refractivity contribution is 5.51. The summed E-state index contributed by atoms with van der Waals surface area (Å²) in [4.78, 5) is 0. The molecule has 0 fully saturated rings. The van der Waals surface area contributed by atoms with Crippen LogP contribution < -0.4 is 0 Å². The first kappa shape index (κ1) is 12.0. The summed E-state index contributed by atoms with van der Waals surface area (Å²) in [5.41, 5.74) is 4.49. The summed E-state index contributed by atoms with van der Waals surface area (Å²) in [7, 11) is 0. The minimum absolute atomic E-state index is 0.250. The highest BCUT2D eigenvalue weighted by Crippen LogP contribution is 2.54. The molecule has 0 saturated heterocycles. The van der Waals surface area contributed by atoms with Crippen molar-refractivity contribution < 1.29 is 0 Å². The second-order valence-corrected chi connectivity index (χ2v) is 6.58. The summed E-state index contributed by atoms with van der Waals surface area (Å²) in [6.07, 6.45) is 11.1. The zero-order valence-corrected chi connectivity index (χ0v) is 12.1. The molecule has 2 aromatic rings. The van der Waals surface area contributed by atoms with Gasteiger partial charge in [-0.25, -0.2) is 4.68 Å². The van der Waals surface area contributed by atoms with Crippen LogP contribution in [0, 0.1) is 5.92 Å². The van der Waals surface area contributed by atoms with Crippen molar-refractivity contribution in [2.24, 2.45) is 5.92 Å². The second-order valence-electron chi connectivity index (χ2n) is 6.58. The van der Waals surface area contributed by atoms with Crippen LogP contribution in [-0.4, -0.2) is 9.78 Å². The van der Waals surface area contributed by atoms with Gasteiger partial charge in [0.1, 0.15) is 0 Å². The summed E-state index contributed by atoms with van der Waals surface area (Å²) in [6, 6.07) is 8.85. The van der Waals surface area contributed by atoms with Gasteiger partial charge in [-0.15, -0.1) is 0 Å². The number of hydrogen-bond donors (Lipinski definition) is 0. The zero-order valence-electron chi connectivity index (χ0n) is 12.1. The van der Waals surface area contributed by atoms with Gasteiger partial charge in [0.05, 0.1) is 5.69 Å². The number of allylic oxidation sites excluding steroid dienone is 2. The molecular weight excluding hydrogens is 244 g/mol. The average molecular weight is 264 g/mol. The third-order valence-corrected chi connectivity index (χ3v) is 5.15. The van der Waals surface area contributed by atoms with Crippen LogP contribution in [0.3, 0.4) is 0 Å². The van der Waals surface area contributed by atoms with E-state index in [0.29, 0.717) is 11.8 Å². The fourth-order valence-electron chi connectivity index (χ4n) is 4.11. The number of benzene rings is 1. The van der Waals surface area contributed by atoms with Crippen LogP contribution in [0.15, 0.2) is 48.8 Å². The Hall–Kier alpha value is -1.83. The number of aromatic nitrogens is 2. The number of nitrogens with zero attached hydrogens (tertiary/aromatic N) is 2. The molecule has 0 aliphatic heterocycles. The number of hydrogen-bond acceptors (Lipinski definition) is 1. The predicted octanol–water partition coefficient (Wildman–Crippen LogP) is 4.21. The van der Waals surface area contributed by atoms with Gasteiger partial charge in [0.15, 0.2) is 0 Å². The summed E-state index contributed by atoms with van der Waals surface area (Å²) < 4.78 is 1.96. The third-order valence-electron chi connectivity index (χ3n) is 5.15. The Morgan fingerprint density at radius 2 is 2.20 bits per heavy atom. The molecule has 2 heteroatoms. The highest BCUT2D eigenvalue weighted by atomic mass is 15.3. The molecule has 0 bridgehead atoms. The lowest BCUT2D eigenvalue weighted by Gasteiger charge is -2.31. The molecule has 20 heavy (non-hydrogen) atoms. The Kier molecular flexibility index (Phi) is 2.44. The van der Waals surface area contributed by atoms with Gasteiger partial charge in [0, 0.05) is 12.4 Å². The highest BCUT2D eigenvalue weighted by Gasteiger charge is 2.45. The molecule has 0 N–H and O–H groups in total. The normalized spacial score (nSPS) is 26.3. The van der Waals surface area contributed by atoms with Gasteiger partial charge in [0.25, 0.3) is 0 Å². The molecule has 4 rings (SSSR count). The van der Waals surface area contributed by atoms with Crippen molar-refractivity contribution in [3.05, 3.63) is 59.9 Å². The summed E-state index contributed by atoms with van der Waals surface area (Å²) in [5.74, 6) is 1.33. The summed E-state index contributed by atoms with van der Waals surface area (Å²) in [6.45, 7) is 4.78. The lowest BCUT2D eigenvalue weighted by Crippen LogP contribution is -2.25. The Morgan fingerprint density at radius 3 is 3.00 bits per heavy atom. The van der Waals surface area contributed by atoms with E-state index in [2.05, 4.69) is 49.3 Å². The van der Waals surface area contributed by atoms with Gasteiger partial charge in [-0.05, 0) is 59.4 Å². The average Bonchev–Trinajstić information content (AvgIpc) is 3.07. The monoisotopic (exact) mass is 264 g/mol. The van der Waals surface area contributed by atoms with Gasteiger partial charge in [-0.1, -0.05) is 32.1 Å². The number of fused-ring (bicyclic) bond motifs is 3. The van der Waals surface area contributed by atoms with E-state index in [-0.39, 0.29) is 5.41 Å². The molecule has 1 heterocycles. The van der Waals surface area contributed by atoms with Crippen LogP contribution in [0.1, 0.15) is 43.7 Å². The molecule has 0 spiro atoms. The van der Waals surface area contributed by atoms with E-state index >= 15 is 0 Å². The molecule has 2 atom stereocenters. The van der Waals surface area contributed by atoms with Crippen LogP contribution in [0.5, 0.6) is 0 Å². The second kappa shape index (κ2) is 4.08. The largest absolute Gasteiger partial charge is 0.241 e. The molecule has 0 radical (unpaired) electrons. The lowest BCUT2D eigenvalue weighted by atomic mass is 9.73. The van der Waals surface area contributed by atoms with Crippen molar-refractivity contribution in [2.75, 3.05) is 0 Å². The van der Waals surface area contributed by atoms with Gasteiger partial charge in [-0.2, -0.15) is 5.10 Å². The van der Waals surface area contributed by atoms with Crippen molar-refractivity contribution in [1.29, 1.82) is 0 Å². The quantitative estimate of drug-likeness (QED) is 0.705. The van der Waals surface area contributed by atoms with E-state index in [1.807, 2.05) is 23.1 Å². The van der Waals surface area contributed by atoms with Crippen LogP contribution in [0.25, 0.3) is 5.69 Å². The van der Waals surface area contributed by atoms with Crippen LogP contribution in [-0.2, 0) is 5.41 Å². The molecule has 102 valence electrons. The minimum Gasteiger partial charge on any atom is -0.241 e. The molecule has 0 amide bonds. The van der Waals surface area contributed by atoms with E-state index in [9.17, 15) is 0 Å². The smallest absolute Gasteiger partial charge is 0.0648 e. The number of rotatable bonds is 1. The van der Waals surface area contributed by atoms with E-state index in [4.69, 9.17) is 0 Å². The van der Waals surface area contributed by atoms with Crippen molar-refractivity contribution in [1.82, 2.24) is 9.78 Å². The summed E-state index contributed by atoms with van der Waals surface area (Å²) >= 11 is 0. The molecule has 0 saturated carbocycles. The molecule has 1 aromatic heterocycles. The first-order chi connectivity index (χ1) is 9.68. The van der Waals surface area contributed by atoms with E-state index in [1.54, 1.807) is 0 Å². The molecule has 2 unspecified atom stereocenters. The maximum absolute atomic E-state index is 4.36. The minimum atomic E-state index is 0.250. The van der Waals surface area contributed by atoms with E-state index < -0.39 is 0 Å². The molecular formula is C18H20N2. The zero-order chi connectivity index (χ0) is 13.7. The predicted molar refractivity (Wildman–Crippen MR) is 81.2 cm³/mol. The van der Waals surface area contributed by atoms with Gasteiger partial charge in [0.2, 0.25) is 0 Å². The third kappa shape index (κ3) is 1.54.